The minimum absolute atomic E-state index is 0. The van der Waals surface area contributed by atoms with Gasteiger partial charge in [-0.3, -0.25) is 9.59 Å². The van der Waals surface area contributed by atoms with E-state index in [4.69, 9.17) is 4.74 Å². The first-order valence-electron chi connectivity index (χ1n) is 9.40. The molecule has 152 valence electrons. The lowest BCUT2D eigenvalue weighted by Crippen LogP contribution is -2.37. The molecule has 0 spiro atoms. The van der Waals surface area contributed by atoms with E-state index in [2.05, 4.69) is 10.6 Å². The Morgan fingerprint density at radius 1 is 1.29 bits per heavy atom. The van der Waals surface area contributed by atoms with Gasteiger partial charge in [-0.1, -0.05) is 12.1 Å². The van der Waals surface area contributed by atoms with Gasteiger partial charge in [-0.2, -0.15) is 0 Å². The maximum absolute atomic E-state index is 12.9. The first-order valence-corrected chi connectivity index (χ1v) is 9.40. The molecule has 1 aromatic heterocycles. The number of rotatable bonds is 6. The van der Waals surface area contributed by atoms with Gasteiger partial charge >= 0.3 is 0 Å². The van der Waals surface area contributed by atoms with Crippen LogP contribution in [-0.2, 0) is 13.1 Å². The average molecular weight is 406 g/mol. The number of aromatic nitrogens is 1. The molecule has 1 unspecified atom stereocenters. The van der Waals surface area contributed by atoms with E-state index in [0.717, 1.165) is 37.2 Å². The number of pyridine rings is 1. The van der Waals surface area contributed by atoms with E-state index in [9.17, 15) is 9.59 Å². The topological polar surface area (TPSA) is 72.4 Å². The van der Waals surface area contributed by atoms with Gasteiger partial charge in [0, 0.05) is 19.3 Å². The molecule has 2 N–H and O–H groups in total. The number of benzene rings is 1. The van der Waals surface area contributed by atoms with Crippen molar-refractivity contribution < 1.29 is 9.53 Å². The normalized spacial score (nSPS) is 16.1. The zero-order chi connectivity index (χ0) is 19.2. The Hall–Kier alpha value is -2.31. The van der Waals surface area contributed by atoms with E-state index < -0.39 is 0 Å². The fourth-order valence-electron chi connectivity index (χ4n) is 3.46. The highest BCUT2D eigenvalue weighted by molar-refractivity contribution is 5.95. The largest absolute Gasteiger partial charge is 0.497 e. The molecule has 0 saturated carbocycles. The average Bonchev–Trinajstić information content (AvgIpc) is 2.70. The van der Waals surface area contributed by atoms with Crippen LogP contribution in [0.15, 0.2) is 41.3 Å². The summed E-state index contributed by atoms with van der Waals surface area (Å²) in [6.45, 7) is 4.77. The molecule has 1 amide bonds. The predicted octanol–water partition coefficient (Wildman–Crippen LogP) is 2.52. The zero-order valence-corrected chi connectivity index (χ0v) is 17.2. The summed E-state index contributed by atoms with van der Waals surface area (Å²) in [5, 5.41) is 6.23. The van der Waals surface area contributed by atoms with Crippen LogP contribution in [0.1, 0.15) is 34.3 Å². The molecule has 2 heterocycles. The third kappa shape index (κ3) is 5.36. The van der Waals surface area contributed by atoms with Crippen LogP contribution < -0.4 is 20.9 Å². The number of ether oxygens (including phenoxy) is 1. The second-order valence-corrected chi connectivity index (χ2v) is 7.07. The molecule has 1 aliphatic heterocycles. The molecule has 1 saturated heterocycles. The number of piperidine rings is 1. The second-order valence-electron chi connectivity index (χ2n) is 7.07. The van der Waals surface area contributed by atoms with Crippen molar-refractivity contribution in [2.75, 3.05) is 20.2 Å². The number of carbonyl (C=O) groups is 1. The van der Waals surface area contributed by atoms with Crippen LogP contribution in [-0.4, -0.2) is 30.7 Å². The standard InChI is InChI=1S/C21H27N3O3.ClH/c1-15-9-11-24(14-17-4-3-10-22-12-17)21(26)19(15)20(25)23-13-16-5-7-18(27-2)8-6-16;/h5-9,11,17,22H,3-4,10,12-14H2,1-2H3,(H,23,25);1H. The van der Waals surface area contributed by atoms with Crippen molar-refractivity contribution in [3.8, 4) is 5.75 Å². The van der Waals surface area contributed by atoms with Gasteiger partial charge in [0.1, 0.15) is 11.3 Å². The molecule has 1 aromatic carbocycles. The quantitative estimate of drug-likeness (QED) is 0.774. The zero-order valence-electron chi connectivity index (χ0n) is 16.4. The molecule has 1 fully saturated rings. The number of carbonyl (C=O) groups excluding carboxylic acids is 1. The lowest BCUT2D eigenvalue weighted by molar-refractivity contribution is 0.0948. The number of methoxy groups -OCH3 is 1. The molecule has 6 nitrogen and oxygen atoms in total. The predicted molar refractivity (Wildman–Crippen MR) is 112 cm³/mol. The van der Waals surface area contributed by atoms with Crippen molar-refractivity contribution in [3.63, 3.8) is 0 Å². The van der Waals surface area contributed by atoms with Crippen molar-refractivity contribution in [2.24, 2.45) is 5.92 Å². The van der Waals surface area contributed by atoms with Gasteiger partial charge in [0.05, 0.1) is 7.11 Å². The summed E-state index contributed by atoms with van der Waals surface area (Å²) < 4.78 is 6.81. The number of aryl methyl sites for hydroxylation is 1. The molecule has 0 radical (unpaired) electrons. The van der Waals surface area contributed by atoms with Crippen LogP contribution in [0.4, 0.5) is 0 Å². The molecule has 1 aliphatic rings. The Morgan fingerprint density at radius 3 is 2.68 bits per heavy atom. The monoisotopic (exact) mass is 405 g/mol. The number of amides is 1. The Morgan fingerprint density at radius 2 is 2.04 bits per heavy atom. The number of halogens is 1. The fourth-order valence-corrected chi connectivity index (χ4v) is 3.46. The van der Waals surface area contributed by atoms with Crippen LogP contribution in [0.25, 0.3) is 0 Å². The summed E-state index contributed by atoms with van der Waals surface area (Å²) in [6.07, 6.45) is 4.03. The van der Waals surface area contributed by atoms with Crippen molar-refractivity contribution >= 4 is 18.3 Å². The molecule has 0 bridgehead atoms. The van der Waals surface area contributed by atoms with Crippen LogP contribution in [0.5, 0.6) is 5.75 Å². The first kappa shape index (κ1) is 22.0. The summed E-state index contributed by atoms with van der Waals surface area (Å²) >= 11 is 0. The minimum Gasteiger partial charge on any atom is -0.497 e. The fraction of sp³-hybridized carbons (Fsp3) is 0.429. The Balaban J connectivity index is 0.00000280. The third-order valence-corrected chi connectivity index (χ3v) is 5.07. The summed E-state index contributed by atoms with van der Waals surface area (Å²) in [6, 6.07) is 9.33. The molecular formula is C21H28ClN3O3. The maximum atomic E-state index is 12.9. The van der Waals surface area contributed by atoms with Crippen LogP contribution in [0.3, 0.4) is 0 Å². The van der Waals surface area contributed by atoms with E-state index in [1.54, 1.807) is 24.8 Å². The van der Waals surface area contributed by atoms with E-state index in [1.807, 2.05) is 30.3 Å². The highest BCUT2D eigenvalue weighted by atomic mass is 35.5. The molecule has 2 aromatic rings. The van der Waals surface area contributed by atoms with Gasteiger partial charge in [0.25, 0.3) is 11.5 Å². The second kappa shape index (κ2) is 10.3. The molecule has 1 atom stereocenters. The number of nitrogens with one attached hydrogen (secondary N) is 2. The van der Waals surface area contributed by atoms with Gasteiger partial charge in [-0.05, 0) is 68.1 Å². The highest BCUT2D eigenvalue weighted by Gasteiger charge is 2.19. The third-order valence-electron chi connectivity index (χ3n) is 5.07. The van der Waals surface area contributed by atoms with Gasteiger partial charge in [0.15, 0.2) is 0 Å². The molecule has 0 aliphatic carbocycles. The van der Waals surface area contributed by atoms with Crippen molar-refractivity contribution in [3.05, 3.63) is 63.6 Å². The minimum atomic E-state index is -0.329. The Kier molecular flexibility index (Phi) is 8.08. The Labute approximate surface area is 171 Å². The van der Waals surface area contributed by atoms with Crippen LogP contribution >= 0.6 is 12.4 Å². The van der Waals surface area contributed by atoms with E-state index in [1.165, 1.54) is 0 Å². The van der Waals surface area contributed by atoms with Crippen molar-refractivity contribution in [1.29, 1.82) is 0 Å². The lowest BCUT2D eigenvalue weighted by Gasteiger charge is -2.23. The highest BCUT2D eigenvalue weighted by Crippen LogP contribution is 2.13. The van der Waals surface area contributed by atoms with Crippen molar-refractivity contribution in [2.45, 2.75) is 32.9 Å². The summed E-state index contributed by atoms with van der Waals surface area (Å²) in [7, 11) is 1.61. The van der Waals surface area contributed by atoms with Crippen molar-refractivity contribution in [1.82, 2.24) is 15.2 Å². The molecule has 7 heteroatoms. The number of nitrogens with zero attached hydrogens (tertiary/aromatic N) is 1. The SMILES string of the molecule is COc1ccc(CNC(=O)c2c(C)ccn(CC3CCCNC3)c2=O)cc1.Cl. The van der Waals surface area contributed by atoms with E-state index >= 15 is 0 Å². The first-order chi connectivity index (χ1) is 13.1. The van der Waals surface area contributed by atoms with E-state index in [-0.39, 0.29) is 29.4 Å². The van der Waals surface area contributed by atoms with Crippen LogP contribution in [0.2, 0.25) is 0 Å². The Bertz CT molecular complexity index is 843. The summed E-state index contributed by atoms with van der Waals surface area (Å²) in [5.41, 5.74) is 1.67. The van der Waals surface area contributed by atoms with Gasteiger partial charge in [0.2, 0.25) is 0 Å². The molecular weight excluding hydrogens is 378 g/mol. The van der Waals surface area contributed by atoms with Gasteiger partial charge in [-0.15, -0.1) is 12.4 Å². The smallest absolute Gasteiger partial charge is 0.263 e. The molecule has 3 rings (SSSR count). The summed E-state index contributed by atoms with van der Waals surface area (Å²) in [4.78, 5) is 25.5. The maximum Gasteiger partial charge on any atom is 0.263 e. The molecule has 28 heavy (non-hydrogen) atoms. The number of hydrogen-bond donors (Lipinski definition) is 2. The van der Waals surface area contributed by atoms with E-state index in [0.29, 0.717) is 24.6 Å². The van der Waals surface area contributed by atoms with Gasteiger partial charge < -0.3 is 19.9 Å². The van der Waals surface area contributed by atoms with Gasteiger partial charge in [-0.25, -0.2) is 0 Å². The van der Waals surface area contributed by atoms with Crippen LogP contribution in [0, 0.1) is 12.8 Å². The number of hydrogen-bond acceptors (Lipinski definition) is 4. The lowest BCUT2D eigenvalue weighted by atomic mass is 9.99. The summed E-state index contributed by atoms with van der Waals surface area (Å²) in [5.74, 6) is 0.864.